The summed E-state index contributed by atoms with van der Waals surface area (Å²) in [5.74, 6) is -1.39. The van der Waals surface area contributed by atoms with Crippen LogP contribution in [0, 0.1) is 5.82 Å². The van der Waals surface area contributed by atoms with Crippen molar-refractivity contribution in [3.63, 3.8) is 0 Å². The molecule has 1 rings (SSSR count). The van der Waals surface area contributed by atoms with Crippen LogP contribution in [-0.2, 0) is 20.7 Å². The fourth-order valence-corrected chi connectivity index (χ4v) is 1.51. The Kier molecular flexibility index (Phi) is 5.10. The number of carbonyl (C=O) groups excluding carboxylic acids is 2. The molecule has 0 amide bonds. The molecule has 0 spiro atoms. The van der Waals surface area contributed by atoms with Crippen molar-refractivity contribution in [2.75, 3.05) is 6.61 Å². The molecular weight excluding hydrogens is 247 g/mol. The Hall–Kier alpha value is -1.42. The first kappa shape index (κ1) is 13.6. The summed E-state index contributed by atoms with van der Waals surface area (Å²) in [5, 5.41) is 0.309. The molecule has 0 saturated carbocycles. The maximum absolute atomic E-state index is 12.9. The SMILES string of the molecule is CCOC(=O)CC(=O)Cc1cc(F)ccc1Cl. The molecule has 5 heteroatoms. The number of benzene rings is 1. The van der Waals surface area contributed by atoms with Crippen LogP contribution in [0.1, 0.15) is 18.9 Å². The van der Waals surface area contributed by atoms with E-state index in [0.29, 0.717) is 10.6 Å². The number of hydrogen-bond donors (Lipinski definition) is 0. The summed E-state index contributed by atoms with van der Waals surface area (Å²) in [6.45, 7) is 1.89. The van der Waals surface area contributed by atoms with Crippen LogP contribution < -0.4 is 0 Å². The molecule has 0 atom stereocenters. The number of ketones is 1. The quantitative estimate of drug-likeness (QED) is 0.602. The molecule has 0 N–H and O–H groups in total. The number of Topliss-reactive ketones (excluding diaryl/α,β-unsaturated/α-hetero) is 1. The average Bonchev–Trinajstić information content (AvgIpc) is 2.23. The molecule has 0 aliphatic carbocycles. The molecule has 92 valence electrons. The van der Waals surface area contributed by atoms with Gasteiger partial charge in [-0.2, -0.15) is 0 Å². The van der Waals surface area contributed by atoms with Gasteiger partial charge in [-0.25, -0.2) is 4.39 Å². The van der Waals surface area contributed by atoms with Crippen LogP contribution in [0.2, 0.25) is 5.02 Å². The van der Waals surface area contributed by atoms with Crippen LogP contribution in [0.3, 0.4) is 0 Å². The fraction of sp³-hybridized carbons (Fsp3) is 0.333. The van der Waals surface area contributed by atoms with Gasteiger partial charge in [0.2, 0.25) is 0 Å². The maximum atomic E-state index is 12.9. The number of rotatable bonds is 5. The van der Waals surface area contributed by atoms with E-state index in [0.717, 1.165) is 0 Å². The Labute approximate surface area is 104 Å². The molecule has 1 aromatic carbocycles. The van der Waals surface area contributed by atoms with Gasteiger partial charge in [0.05, 0.1) is 6.61 Å². The van der Waals surface area contributed by atoms with Crippen LogP contribution in [0.4, 0.5) is 4.39 Å². The summed E-state index contributed by atoms with van der Waals surface area (Å²) in [4.78, 5) is 22.5. The van der Waals surface area contributed by atoms with Crippen molar-refractivity contribution in [2.24, 2.45) is 0 Å². The topological polar surface area (TPSA) is 43.4 Å². The molecule has 0 unspecified atom stereocenters. The number of esters is 1. The molecule has 0 radical (unpaired) electrons. The standard InChI is InChI=1S/C12H12ClFO3/c1-2-17-12(16)7-10(15)6-8-5-9(14)3-4-11(8)13/h3-5H,2,6-7H2,1H3. The van der Waals surface area contributed by atoms with Crippen LogP contribution in [0.25, 0.3) is 0 Å². The molecule has 0 aliphatic heterocycles. The lowest BCUT2D eigenvalue weighted by molar-refractivity contribution is -0.145. The summed E-state index contributed by atoms with van der Waals surface area (Å²) in [6, 6.07) is 3.77. The van der Waals surface area contributed by atoms with Gasteiger partial charge in [0.25, 0.3) is 0 Å². The van der Waals surface area contributed by atoms with Crippen LogP contribution in [0.5, 0.6) is 0 Å². The first-order valence-electron chi connectivity index (χ1n) is 5.14. The van der Waals surface area contributed by atoms with Crippen molar-refractivity contribution in [3.05, 3.63) is 34.6 Å². The first-order chi connectivity index (χ1) is 8.02. The summed E-state index contributed by atoms with van der Waals surface area (Å²) in [5.41, 5.74) is 0.376. The minimum atomic E-state index is -0.579. The third-order valence-corrected chi connectivity index (χ3v) is 2.41. The molecule has 0 heterocycles. The van der Waals surface area contributed by atoms with E-state index in [2.05, 4.69) is 4.74 Å². The van der Waals surface area contributed by atoms with Gasteiger partial charge in [0.1, 0.15) is 18.0 Å². The number of carbonyl (C=O) groups is 2. The highest BCUT2D eigenvalue weighted by Gasteiger charge is 2.13. The number of hydrogen-bond acceptors (Lipinski definition) is 3. The normalized spacial score (nSPS) is 10.1. The zero-order valence-electron chi connectivity index (χ0n) is 9.33. The Morgan fingerprint density at radius 1 is 1.41 bits per heavy atom. The Morgan fingerprint density at radius 3 is 2.76 bits per heavy atom. The molecule has 0 aliphatic rings. The third-order valence-electron chi connectivity index (χ3n) is 2.04. The second kappa shape index (κ2) is 6.35. The molecule has 17 heavy (non-hydrogen) atoms. The van der Waals surface area contributed by atoms with Gasteiger partial charge in [-0.3, -0.25) is 9.59 Å². The monoisotopic (exact) mass is 258 g/mol. The van der Waals surface area contributed by atoms with E-state index in [1.165, 1.54) is 18.2 Å². The van der Waals surface area contributed by atoms with E-state index >= 15 is 0 Å². The Balaban J connectivity index is 2.62. The summed E-state index contributed by atoms with van der Waals surface area (Å²) in [6.07, 6.45) is -0.393. The van der Waals surface area contributed by atoms with Gasteiger partial charge in [0, 0.05) is 11.4 Å². The van der Waals surface area contributed by atoms with Crippen molar-refractivity contribution >= 4 is 23.4 Å². The Bertz CT molecular complexity index is 432. The van der Waals surface area contributed by atoms with E-state index in [1.54, 1.807) is 6.92 Å². The van der Waals surface area contributed by atoms with Gasteiger partial charge in [0.15, 0.2) is 0 Å². The van der Waals surface area contributed by atoms with E-state index in [9.17, 15) is 14.0 Å². The molecule has 0 saturated heterocycles. The second-order valence-electron chi connectivity index (χ2n) is 3.43. The lowest BCUT2D eigenvalue weighted by Gasteiger charge is -2.04. The summed E-state index contributed by atoms with van der Waals surface area (Å²) < 4.78 is 17.6. The van der Waals surface area contributed by atoms with E-state index in [1.807, 2.05) is 0 Å². The van der Waals surface area contributed by atoms with E-state index < -0.39 is 11.8 Å². The highest BCUT2D eigenvalue weighted by atomic mass is 35.5. The van der Waals surface area contributed by atoms with Gasteiger partial charge >= 0.3 is 5.97 Å². The van der Waals surface area contributed by atoms with E-state index in [4.69, 9.17) is 11.6 Å². The second-order valence-corrected chi connectivity index (χ2v) is 3.84. The van der Waals surface area contributed by atoms with E-state index in [-0.39, 0.29) is 25.2 Å². The first-order valence-corrected chi connectivity index (χ1v) is 5.52. The molecule has 0 aromatic heterocycles. The van der Waals surface area contributed by atoms with Gasteiger partial charge in [-0.15, -0.1) is 0 Å². The largest absolute Gasteiger partial charge is 0.466 e. The van der Waals surface area contributed by atoms with Crippen LogP contribution in [0.15, 0.2) is 18.2 Å². The smallest absolute Gasteiger partial charge is 0.313 e. The third kappa shape index (κ3) is 4.53. The molecule has 3 nitrogen and oxygen atoms in total. The fourth-order valence-electron chi connectivity index (χ4n) is 1.33. The predicted molar refractivity (Wildman–Crippen MR) is 61.4 cm³/mol. The van der Waals surface area contributed by atoms with Crippen LogP contribution >= 0.6 is 11.6 Å². The summed E-state index contributed by atoms with van der Waals surface area (Å²) >= 11 is 5.80. The van der Waals surface area contributed by atoms with Gasteiger partial charge in [-0.1, -0.05) is 11.6 Å². The van der Waals surface area contributed by atoms with Crippen molar-refractivity contribution in [2.45, 2.75) is 19.8 Å². The minimum absolute atomic E-state index is 0.0740. The van der Waals surface area contributed by atoms with Gasteiger partial charge < -0.3 is 4.74 Å². The highest BCUT2D eigenvalue weighted by molar-refractivity contribution is 6.31. The zero-order valence-corrected chi connectivity index (χ0v) is 10.1. The molecule has 0 bridgehead atoms. The van der Waals surface area contributed by atoms with Crippen molar-refractivity contribution < 1.29 is 18.7 Å². The lowest BCUT2D eigenvalue weighted by atomic mass is 10.1. The lowest BCUT2D eigenvalue weighted by Crippen LogP contribution is -2.13. The zero-order chi connectivity index (χ0) is 12.8. The minimum Gasteiger partial charge on any atom is -0.466 e. The molecule has 0 fully saturated rings. The van der Waals surface area contributed by atoms with Crippen molar-refractivity contribution in [1.29, 1.82) is 0 Å². The maximum Gasteiger partial charge on any atom is 0.313 e. The number of halogens is 2. The van der Waals surface area contributed by atoms with Crippen molar-refractivity contribution in [1.82, 2.24) is 0 Å². The Morgan fingerprint density at radius 2 is 2.12 bits per heavy atom. The van der Waals surface area contributed by atoms with Gasteiger partial charge in [-0.05, 0) is 30.7 Å². The van der Waals surface area contributed by atoms with Crippen molar-refractivity contribution in [3.8, 4) is 0 Å². The number of ether oxygens (including phenoxy) is 1. The summed E-state index contributed by atoms with van der Waals surface area (Å²) in [7, 11) is 0. The molecule has 1 aromatic rings. The highest BCUT2D eigenvalue weighted by Crippen LogP contribution is 2.18. The average molecular weight is 259 g/mol. The molecular formula is C12H12ClFO3. The van der Waals surface area contributed by atoms with Crippen LogP contribution in [-0.4, -0.2) is 18.4 Å². The predicted octanol–water partition coefficient (Wildman–Crippen LogP) is 2.54.